The van der Waals surface area contributed by atoms with Crippen molar-refractivity contribution >= 4 is 6.29 Å². The lowest BCUT2D eigenvalue weighted by Gasteiger charge is -2.45. The van der Waals surface area contributed by atoms with E-state index in [0.29, 0.717) is 17.8 Å². The summed E-state index contributed by atoms with van der Waals surface area (Å²) in [7, 11) is 0. The number of carbonyl (C=O) groups excluding carboxylic acids is 1. The highest BCUT2D eigenvalue weighted by atomic mass is 16.1. The van der Waals surface area contributed by atoms with Crippen LogP contribution < -0.4 is 0 Å². The second kappa shape index (κ2) is 3.52. The summed E-state index contributed by atoms with van der Waals surface area (Å²) in [6.07, 6.45) is 5.96. The lowest BCUT2D eigenvalue weighted by molar-refractivity contribution is -0.114. The summed E-state index contributed by atoms with van der Waals surface area (Å²) < 4.78 is 0. The van der Waals surface area contributed by atoms with Crippen LogP contribution in [0.2, 0.25) is 0 Å². The number of allylic oxidation sites excluding steroid dienone is 2. The molecule has 0 saturated heterocycles. The van der Waals surface area contributed by atoms with E-state index in [1.165, 1.54) is 18.3 Å². The minimum Gasteiger partial charge on any atom is -0.303 e. The van der Waals surface area contributed by atoms with Gasteiger partial charge in [-0.3, -0.25) is 0 Å². The predicted molar refractivity (Wildman–Crippen MR) is 57.9 cm³/mol. The average Bonchev–Trinajstić information content (AvgIpc) is 2.16. The second-order valence-electron chi connectivity index (χ2n) is 5.36. The molecule has 0 N–H and O–H groups in total. The van der Waals surface area contributed by atoms with Crippen molar-refractivity contribution in [1.29, 1.82) is 0 Å². The van der Waals surface area contributed by atoms with Crippen molar-refractivity contribution in [3.63, 3.8) is 0 Å². The van der Waals surface area contributed by atoms with Crippen LogP contribution in [0.4, 0.5) is 0 Å². The zero-order valence-electron chi connectivity index (χ0n) is 9.36. The number of aldehydes is 1. The van der Waals surface area contributed by atoms with Crippen molar-refractivity contribution in [2.45, 2.75) is 33.6 Å². The van der Waals surface area contributed by atoms with E-state index in [0.717, 1.165) is 18.3 Å². The van der Waals surface area contributed by atoms with Gasteiger partial charge in [-0.05, 0) is 43.4 Å². The number of fused-ring (bicyclic) bond motifs is 2. The lowest BCUT2D eigenvalue weighted by Crippen LogP contribution is -2.39. The van der Waals surface area contributed by atoms with Gasteiger partial charge in [-0.2, -0.15) is 0 Å². The van der Waals surface area contributed by atoms with E-state index in [2.05, 4.69) is 26.8 Å². The minimum absolute atomic E-state index is 0.319. The van der Waals surface area contributed by atoms with Crippen molar-refractivity contribution in [3.8, 4) is 0 Å². The molecule has 0 aliphatic heterocycles. The lowest BCUT2D eigenvalue weighted by atomic mass is 9.59. The fourth-order valence-electron chi connectivity index (χ4n) is 3.39. The fourth-order valence-corrected chi connectivity index (χ4v) is 3.39. The molecule has 0 radical (unpaired) electrons. The molecule has 1 nitrogen and oxygen atoms in total. The van der Waals surface area contributed by atoms with Gasteiger partial charge in [-0.1, -0.05) is 25.5 Å². The molecule has 0 aromatic heterocycles. The van der Waals surface area contributed by atoms with E-state index in [9.17, 15) is 4.79 Å². The average molecular weight is 192 g/mol. The van der Waals surface area contributed by atoms with Crippen LogP contribution in [-0.2, 0) is 4.79 Å². The van der Waals surface area contributed by atoms with Crippen LogP contribution in [0.1, 0.15) is 33.6 Å². The molecule has 3 rings (SSSR count). The number of hydrogen-bond donors (Lipinski definition) is 0. The van der Waals surface area contributed by atoms with Crippen molar-refractivity contribution in [2.24, 2.45) is 29.6 Å². The molecular formula is C13H20O. The highest BCUT2D eigenvalue weighted by Crippen LogP contribution is 2.49. The minimum atomic E-state index is 0.319. The Morgan fingerprint density at radius 2 is 2.14 bits per heavy atom. The van der Waals surface area contributed by atoms with Crippen molar-refractivity contribution in [1.82, 2.24) is 0 Å². The highest BCUT2D eigenvalue weighted by molar-refractivity contribution is 5.56. The molecule has 3 aliphatic rings. The zero-order chi connectivity index (χ0) is 10.3. The van der Waals surface area contributed by atoms with E-state index < -0.39 is 0 Å². The third kappa shape index (κ3) is 1.43. The van der Waals surface area contributed by atoms with Gasteiger partial charge < -0.3 is 4.79 Å². The maximum Gasteiger partial charge on any atom is 0.123 e. The van der Waals surface area contributed by atoms with E-state index in [4.69, 9.17) is 0 Å². The number of rotatable bonds is 2. The molecule has 78 valence electrons. The molecule has 1 heteroatoms. The van der Waals surface area contributed by atoms with E-state index in [1.54, 1.807) is 0 Å². The maximum atomic E-state index is 10.9. The Morgan fingerprint density at radius 1 is 1.43 bits per heavy atom. The van der Waals surface area contributed by atoms with Gasteiger partial charge in [0, 0.05) is 5.92 Å². The van der Waals surface area contributed by atoms with Crippen LogP contribution in [0, 0.1) is 29.6 Å². The summed E-state index contributed by atoms with van der Waals surface area (Å²) in [5.74, 6) is 3.14. The van der Waals surface area contributed by atoms with Gasteiger partial charge in [-0.15, -0.1) is 0 Å². The summed E-state index contributed by atoms with van der Waals surface area (Å²) in [5, 5.41) is 0. The van der Waals surface area contributed by atoms with E-state index in [-0.39, 0.29) is 0 Å². The first-order chi connectivity index (χ1) is 6.63. The zero-order valence-corrected chi connectivity index (χ0v) is 9.36. The molecule has 3 aliphatic carbocycles. The van der Waals surface area contributed by atoms with Crippen LogP contribution in [0.25, 0.3) is 0 Å². The van der Waals surface area contributed by atoms with Gasteiger partial charge in [0.1, 0.15) is 6.29 Å². The molecule has 1 fully saturated rings. The van der Waals surface area contributed by atoms with Gasteiger partial charge in [0.25, 0.3) is 0 Å². The molecule has 0 heterocycles. The third-order valence-corrected chi connectivity index (χ3v) is 4.23. The van der Waals surface area contributed by atoms with Crippen LogP contribution in [0.5, 0.6) is 0 Å². The Balaban J connectivity index is 2.22. The first-order valence-corrected chi connectivity index (χ1v) is 5.77. The molecular weight excluding hydrogens is 172 g/mol. The van der Waals surface area contributed by atoms with Gasteiger partial charge in [-0.25, -0.2) is 0 Å². The largest absolute Gasteiger partial charge is 0.303 e. The summed E-state index contributed by atoms with van der Waals surface area (Å²) in [6, 6.07) is 0. The van der Waals surface area contributed by atoms with Crippen LogP contribution in [0.3, 0.4) is 0 Å². The number of hydrogen-bond acceptors (Lipinski definition) is 1. The standard InChI is InChI=1S/C13H20O/c1-8(2)12-6-13-9(3)4-10(12)5-11(13)7-14/h4,7-8,10-13H,5-6H2,1-3H3/t10-,11-,12+,13+/m1/s1. The third-order valence-electron chi connectivity index (χ3n) is 4.23. The summed E-state index contributed by atoms with van der Waals surface area (Å²) >= 11 is 0. The first-order valence-electron chi connectivity index (χ1n) is 5.77. The molecule has 1 saturated carbocycles. The molecule has 0 aromatic carbocycles. The second-order valence-corrected chi connectivity index (χ2v) is 5.36. The Bertz CT molecular complexity index is 264. The molecule has 0 amide bonds. The van der Waals surface area contributed by atoms with Crippen molar-refractivity contribution < 1.29 is 4.79 Å². The smallest absolute Gasteiger partial charge is 0.123 e. The van der Waals surface area contributed by atoms with Crippen molar-refractivity contribution in [3.05, 3.63) is 11.6 Å². The normalized spacial score (nSPS) is 41.3. The fraction of sp³-hybridized carbons (Fsp3) is 0.769. The molecule has 2 bridgehead atoms. The van der Waals surface area contributed by atoms with Gasteiger partial charge in [0.2, 0.25) is 0 Å². The molecule has 14 heavy (non-hydrogen) atoms. The Kier molecular flexibility index (Phi) is 2.50. The van der Waals surface area contributed by atoms with Crippen LogP contribution >= 0.6 is 0 Å². The Morgan fingerprint density at radius 3 is 2.64 bits per heavy atom. The quantitative estimate of drug-likeness (QED) is 0.485. The number of carbonyl (C=O) groups is 1. The Labute approximate surface area is 86.6 Å². The maximum absolute atomic E-state index is 10.9. The predicted octanol–water partition coefficient (Wildman–Crippen LogP) is 3.06. The molecule has 4 atom stereocenters. The van der Waals surface area contributed by atoms with Crippen LogP contribution in [0.15, 0.2) is 11.6 Å². The summed E-state index contributed by atoms with van der Waals surface area (Å²) in [6.45, 7) is 6.82. The first kappa shape index (κ1) is 9.95. The van der Waals surface area contributed by atoms with Gasteiger partial charge in [0.05, 0.1) is 0 Å². The summed E-state index contributed by atoms with van der Waals surface area (Å²) in [4.78, 5) is 10.9. The van der Waals surface area contributed by atoms with Crippen LogP contribution in [-0.4, -0.2) is 6.29 Å². The van der Waals surface area contributed by atoms with Gasteiger partial charge in [0.15, 0.2) is 0 Å². The topological polar surface area (TPSA) is 17.1 Å². The summed E-state index contributed by atoms with van der Waals surface area (Å²) in [5.41, 5.74) is 1.47. The SMILES string of the molecule is CC1=C[C@@H]2C[C@H](C=O)[C@H]1C[C@H]2C(C)C. The van der Waals surface area contributed by atoms with E-state index in [1.807, 2.05) is 0 Å². The highest BCUT2D eigenvalue weighted by Gasteiger charge is 2.41. The van der Waals surface area contributed by atoms with Gasteiger partial charge >= 0.3 is 0 Å². The molecule has 0 aromatic rings. The molecule has 0 unspecified atom stereocenters. The van der Waals surface area contributed by atoms with Crippen molar-refractivity contribution in [2.75, 3.05) is 0 Å². The Hall–Kier alpha value is -0.590. The molecule has 0 spiro atoms. The monoisotopic (exact) mass is 192 g/mol. The van der Waals surface area contributed by atoms with E-state index >= 15 is 0 Å².